The van der Waals surface area contributed by atoms with Gasteiger partial charge in [0.25, 0.3) is 0 Å². The summed E-state index contributed by atoms with van der Waals surface area (Å²) in [6, 6.07) is 0.576. The van der Waals surface area contributed by atoms with Gasteiger partial charge < -0.3 is 15.4 Å². The molecular formula is C12H22N2O2. The molecule has 2 aliphatic heterocycles. The highest BCUT2D eigenvalue weighted by atomic mass is 16.6. The van der Waals surface area contributed by atoms with Gasteiger partial charge in [0, 0.05) is 18.6 Å². The third kappa shape index (κ3) is 2.32. The summed E-state index contributed by atoms with van der Waals surface area (Å²) in [6.45, 7) is 6.48. The summed E-state index contributed by atoms with van der Waals surface area (Å²) in [4.78, 5) is 13.9. The van der Waals surface area contributed by atoms with Crippen molar-refractivity contribution in [1.29, 1.82) is 0 Å². The minimum Gasteiger partial charge on any atom is -0.444 e. The number of rotatable bonds is 0. The highest BCUT2D eigenvalue weighted by Gasteiger charge is 2.42. The fourth-order valence-electron chi connectivity index (χ4n) is 2.70. The van der Waals surface area contributed by atoms with E-state index < -0.39 is 5.60 Å². The van der Waals surface area contributed by atoms with Gasteiger partial charge in [-0.3, -0.25) is 0 Å². The number of carbonyl (C=O) groups is 1. The van der Waals surface area contributed by atoms with Crippen LogP contribution in [0.5, 0.6) is 0 Å². The van der Waals surface area contributed by atoms with Crippen LogP contribution >= 0.6 is 0 Å². The van der Waals surface area contributed by atoms with E-state index in [0.717, 1.165) is 25.8 Å². The van der Waals surface area contributed by atoms with Crippen molar-refractivity contribution >= 4 is 6.09 Å². The van der Waals surface area contributed by atoms with Gasteiger partial charge in [-0.15, -0.1) is 0 Å². The van der Waals surface area contributed by atoms with Crippen molar-refractivity contribution in [3.05, 3.63) is 0 Å². The van der Waals surface area contributed by atoms with E-state index in [0.29, 0.717) is 12.0 Å². The molecule has 2 saturated heterocycles. The Bertz CT molecular complexity index is 285. The van der Waals surface area contributed by atoms with Crippen molar-refractivity contribution in [3.63, 3.8) is 0 Å². The molecule has 4 nitrogen and oxygen atoms in total. The second-order valence-corrected chi connectivity index (χ2v) is 6.02. The average molecular weight is 226 g/mol. The molecule has 1 aliphatic carbocycles. The van der Waals surface area contributed by atoms with E-state index in [1.165, 1.54) is 0 Å². The predicted molar refractivity (Wildman–Crippen MR) is 62.0 cm³/mol. The average Bonchev–Trinajstić information content (AvgIpc) is 2.15. The van der Waals surface area contributed by atoms with Crippen LogP contribution in [0.1, 0.15) is 40.0 Å². The number of ether oxygens (including phenoxy) is 1. The molecule has 3 atom stereocenters. The molecule has 4 heteroatoms. The lowest BCUT2D eigenvalue weighted by atomic mass is 9.77. The van der Waals surface area contributed by atoms with Crippen LogP contribution in [0.3, 0.4) is 0 Å². The number of piperidine rings is 2. The van der Waals surface area contributed by atoms with Crippen molar-refractivity contribution in [2.75, 3.05) is 6.54 Å². The van der Waals surface area contributed by atoms with Gasteiger partial charge in [-0.2, -0.15) is 0 Å². The van der Waals surface area contributed by atoms with E-state index >= 15 is 0 Å². The maximum absolute atomic E-state index is 12.0. The van der Waals surface area contributed by atoms with Gasteiger partial charge >= 0.3 is 6.09 Å². The third-order valence-corrected chi connectivity index (χ3v) is 3.52. The predicted octanol–water partition coefficient (Wildman–Crippen LogP) is 1.73. The monoisotopic (exact) mass is 226 g/mol. The number of hydrogen-bond acceptors (Lipinski definition) is 3. The molecule has 0 aromatic heterocycles. The van der Waals surface area contributed by atoms with Crippen LogP contribution in [0, 0.1) is 5.92 Å². The summed E-state index contributed by atoms with van der Waals surface area (Å²) in [6.07, 6.45) is 3.00. The lowest BCUT2D eigenvalue weighted by Crippen LogP contribution is -2.59. The largest absolute Gasteiger partial charge is 0.444 e. The first-order valence-electron chi connectivity index (χ1n) is 6.12. The first-order chi connectivity index (χ1) is 7.37. The molecule has 92 valence electrons. The molecule has 0 aromatic rings. The Morgan fingerprint density at radius 3 is 2.50 bits per heavy atom. The molecule has 0 aromatic carbocycles. The number of carbonyl (C=O) groups excluding carboxylic acids is 1. The first kappa shape index (κ1) is 11.7. The van der Waals surface area contributed by atoms with Gasteiger partial charge in [-0.25, -0.2) is 4.79 Å². The molecule has 1 amide bonds. The van der Waals surface area contributed by atoms with Gasteiger partial charge in [-0.1, -0.05) is 0 Å². The molecule has 3 unspecified atom stereocenters. The molecule has 2 bridgehead atoms. The summed E-state index contributed by atoms with van der Waals surface area (Å²) < 4.78 is 5.41. The van der Waals surface area contributed by atoms with Gasteiger partial charge in [0.05, 0.1) is 0 Å². The Kier molecular flexibility index (Phi) is 2.86. The molecule has 16 heavy (non-hydrogen) atoms. The summed E-state index contributed by atoms with van der Waals surface area (Å²) in [5.74, 6) is 0.470. The highest BCUT2D eigenvalue weighted by molar-refractivity contribution is 5.69. The fraction of sp³-hybridized carbons (Fsp3) is 0.917. The zero-order chi connectivity index (χ0) is 11.9. The van der Waals surface area contributed by atoms with Crippen molar-refractivity contribution < 1.29 is 9.53 Å². The zero-order valence-corrected chi connectivity index (χ0v) is 10.4. The molecule has 0 spiro atoms. The van der Waals surface area contributed by atoms with Crippen LogP contribution in [0.15, 0.2) is 0 Å². The molecule has 1 saturated carbocycles. The quantitative estimate of drug-likeness (QED) is 0.684. The Morgan fingerprint density at radius 2 is 2.06 bits per heavy atom. The number of nitrogens with zero attached hydrogens (tertiary/aromatic N) is 1. The van der Waals surface area contributed by atoms with E-state index in [4.69, 9.17) is 10.5 Å². The Balaban J connectivity index is 1.99. The van der Waals surface area contributed by atoms with E-state index in [1.54, 1.807) is 0 Å². The molecule has 3 aliphatic rings. The lowest BCUT2D eigenvalue weighted by molar-refractivity contribution is -0.0170. The second-order valence-electron chi connectivity index (χ2n) is 6.02. The summed E-state index contributed by atoms with van der Waals surface area (Å²) in [5.41, 5.74) is 5.62. The molecule has 3 fully saturated rings. The summed E-state index contributed by atoms with van der Waals surface area (Å²) in [5, 5.41) is 0. The van der Waals surface area contributed by atoms with Crippen LogP contribution in [0.25, 0.3) is 0 Å². The Hall–Kier alpha value is -0.770. The van der Waals surface area contributed by atoms with Crippen molar-refractivity contribution in [2.45, 2.75) is 57.7 Å². The summed E-state index contributed by atoms with van der Waals surface area (Å²) >= 11 is 0. The zero-order valence-electron chi connectivity index (χ0n) is 10.4. The first-order valence-corrected chi connectivity index (χ1v) is 6.12. The van der Waals surface area contributed by atoms with Crippen molar-refractivity contribution in [1.82, 2.24) is 4.90 Å². The second kappa shape index (κ2) is 3.91. The fourth-order valence-corrected chi connectivity index (χ4v) is 2.70. The van der Waals surface area contributed by atoms with Gasteiger partial charge in [0.2, 0.25) is 0 Å². The van der Waals surface area contributed by atoms with Crippen LogP contribution < -0.4 is 5.73 Å². The summed E-state index contributed by atoms with van der Waals surface area (Å²) in [7, 11) is 0. The molecular weight excluding hydrogens is 204 g/mol. The minimum absolute atomic E-state index is 0.172. The van der Waals surface area contributed by atoms with Gasteiger partial charge in [0.15, 0.2) is 0 Å². The van der Waals surface area contributed by atoms with E-state index in [1.807, 2.05) is 25.7 Å². The number of hydrogen-bond donors (Lipinski definition) is 1. The molecule has 2 N–H and O–H groups in total. The topological polar surface area (TPSA) is 55.6 Å². The number of nitrogens with two attached hydrogens (primary N) is 1. The minimum atomic E-state index is -0.407. The number of fused-ring (bicyclic) bond motifs is 3. The van der Waals surface area contributed by atoms with Crippen LogP contribution in [0.2, 0.25) is 0 Å². The number of amides is 1. The van der Waals surface area contributed by atoms with Gasteiger partial charge in [-0.05, 0) is 46.0 Å². The van der Waals surface area contributed by atoms with Crippen LogP contribution in [-0.4, -0.2) is 35.2 Å². The van der Waals surface area contributed by atoms with Gasteiger partial charge in [0.1, 0.15) is 5.60 Å². The van der Waals surface area contributed by atoms with E-state index in [-0.39, 0.29) is 12.1 Å². The third-order valence-electron chi connectivity index (χ3n) is 3.52. The normalized spacial score (nSPS) is 34.0. The SMILES string of the molecule is CC(C)(C)OC(=O)N1CC2CCC1CC2N. The molecule has 2 heterocycles. The standard InChI is InChI=1S/C12H22N2O2/c1-12(2,3)16-11(15)14-7-8-4-5-9(14)6-10(8)13/h8-10H,4-7,13H2,1-3H3. The maximum atomic E-state index is 12.0. The maximum Gasteiger partial charge on any atom is 0.410 e. The lowest BCUT2D eigenvalue weighted by Gasteiger charge is -2.48. The van der Waals surface area contributed by atoms with Crippen molar-refractivity contribution in [2.24, 2.45) is 11.7 Å². The molecule has 0 radical (unpaired) electrons. The van der Waals surface area contributed by atoms with Crippen LogP contribution in [-0.2, 0) is 4.74 Å². The smallest absolute Gasteiger partial charge is 0.410 e. The Labute approximate surface area is 97.1 Å². The molecule has 3 rings (SSSR count). The van der Waals surface area contributed by atoms with E-state index in [9.17, 15) is 4.79 Å². The van der Waals surface area contributed by atoms with E-state index in [2.05, 4.69) is 0 Å². The highest BCUT2D eigenvalue weighted by Crippen LogP contribution is 2.34. The van der Waals surface area contributed by atoms with Crippen LogP contribution in [0.4, 0.5) is 4.79 Å². The van der Waals surface area contributed by atoms with Crippen molar-refractivity contribution in [3.8, 4) is 0 Å². The Morgan fingerprint density at radius 1 is 1.38 bits per heavy atom.